The third-order valence-electron chi connectivity index (χ3n) is 3.87. The summed E-state index contributed by atoms with van der Waals surface area (Å²) in [5.41, 5.74) is 0. The molecule has 2 heterocycles. The molecule has 0 saturated carbocycles. The molecule has 1 N–H and O–H groups in total. The molecule has 5 heteroatoms. The van der Waals surface area contributed by atoms with Crippen molar-refractivity contribution in [2.24, 2.45) is 5.92 Å². The van der Waals surface area contributed by atoms with Crippen molar-refractivity contribution >= 4 is 23.0 Å². The van der Waals surface area contributed by atoms with Crippen LogP contribution in [-0.4, -0.2) is 43.3 Å². The zero-order chi connectivity index (χ0) is 14.5. The number of nitrogens with one attached hydrogen (secondary N) is 1. The molecule has 20 heavy (non-hydrogen) atoms. The highest BCUT2D eigenvalue weighted by molar-refractivity contribution is 7.15. The number of amides is 1. The first-order valence-corrected chi connectivity index (χ1v) is 7.98. The maximum absolute atomic E-state index is 12.4. The summed E-state index contributed by atoms with van der Waals surface area (Å²) in [6.45, 7) is 4.25. The van der Waals surface area contributed by atoms with Gasteiger partial charge in [-0.3, -0.25) is 9.59 Å². The number of carbonyl (C=O) groups excluding carboxylic acids is 2. The van der Waals surface area contributed by atoms with Crippen LogP contribution >= 0.6 is 11.3 Å². The van der Waals surface area contributed by atoms with Crippen molar-refractivity contribution < 1.29 is 9.59 Å². The molecule has 0 radical (unpaired) electrons. The van der Waals surface area contributed by atoms with Crippen LogP contribution in [0.4, 0.5) is 0 Å². The Kier molecular flexibility index (Phi) is 5.31. The number of carbonyl (C=O) groups is 2. The maximum Gasteiger partial charge on any atom is 0.263 e. The summed E-state index contributed by atoms with van der Waals surface area (Å²) in [6.07, 6.45) is 3.35. The molecule has 0 aliphatic carbocycles. The zero-order valence-electron chi connectivity index (χ0n) is 12.1. The highest BCUT2D eigenvalue weighted by atomic mass is 32.1. The summed E-state index contributed by atoms with van der Waals surface area (Å²) in [5, 5.41) is 3.18. The van der Waals surface area contributed by atoms with Gasteiger partial charge in [0.1, 0.15) is 0 Å². The van der Waals surface area contributed by atoms with Crippen LogP contribution in [0.1, 0.15) is 45.5 Å². The summed E-state index contributed by atoms with van der Waals surface area (Å²) >= 11 is 1.31. The van der Waals surface area contributed by atoms with Crippen LogP contribution in [0.15, 0.2) is 12.1 Å². The van der Waals surface area contributed by atoms with E-state index in [1.54, 1.807) is 12.1 Å². The molecule has 0 atom stereocenters. The number of piperidine rings is 1. The van der Waals surface area contributed by atoms with Crippen molar-refractivity contribution in [3.63, 3.8) is 0 Å². The van der Waals surface area contributed by atoms with Gasteiger partial charge < -0.3 is 10.2 Å². The lowest BCUT2D eigenvalue weighted by atomic mass is 9.93. The molecule has 1 saturated heterocycles. The van der Waals surface area contributed by atoms with Crippen molar-refractivity contribution in [3.8, 4) is 0 Å². The molecule has 1 amide bonds. The summed E-state index contributed by atoms with van der Waals surface area (Å²) in [5.74, 6) is 0.831. The van der Waals surface area contributed by atoms with Gasteiger partial charge in [-0.05, 0) is 57.8 Å². The Balaban J connectivity index is 1.89. The van der Waals surface area contributed by atoms with Crippen LogP contribution in [0, 0.1) is 5.92 Å². The third-order valence-corrected chi connectivity index (χ3v) is 5.04. The van der Waals surface area contributed by atoms with Crippen LogP contribution in [0.2, 0.25) is 0 Å². The van der Waals surface area contributed by atoms with E-state index in [1.807, 2.05) is 11.9 Å². The molecule has 1 aromatic heterocycles. The zero-order valence-corrected chi connectivity index (χ0v) is 13.0. The first-order valence-electron chi connectivity index (χ1n) is 7.16. The Morgan fingerprint density at radius 1 is 1.30 bits per heavy atom. The molecule has 1 fully saturated rings. The summed E-state index contributed by atoms with van der Waals surface area (Å²) in [7, 11) is 1.97. The molecule has 1 aliphatic rings. The van der Waals surface area contributed by atoms with E-state index in [4.69, 9.17) is 0 Å². The largest absolute Gasteiger partial charge is 0.338 e. The summed E-state index contributed by atoms with van der Waals surface area (Å²) in [6, 6.07) is 3.52. The van der Waals surface area contributed by atoms with E-state index < -0.39 is 0 Å². The van der Waals surface area contributed by atoms with Crippen LogP contribution < -0.4 is 5.32 Å². The molecule has 0 aromatic carbocycles. The average Bonchev–Trinajstić information content (AvgIpc) is 2.95. The van der Waals surface area contributed by atoms with Gasteiger partial charge in [-0.15, -0.1) is 11.3 Å². The quantitative estimate of drug-likeness (QED) is 0.848. The van der Waals surface area contributed by atoms with Crippen molar-refractivity contribution in [1.82, 2.24) is 10.2 Å². The van der Waals surface area contributed by atoms with Crippen molar-refractivity contribution in [2.45, 2.75) is 26.2 Å². The standard InChI is InChI=1S/C15H22N2O2S/c1-11(18)13-3-4-14(20-13)15(19)17-9-6-12(7-10-17)5-8-16-2/h3-4,12,16H,5-10H2,1-2H3. The minimum Gasteiger partial charge on any atom is -0.338 e. The number of ketones is 1. The number of rotatable bonds is 5. The van der Waals surface area contributed by atoms with Gasteiger partial charge in [0, 0.05) is 13.1 Å². The van der Waals surface area contributed by atoms with E-state index in [0.717, 1.165) is 38.4 Å². The molecule has 1 aliphatic heterocycles. The molecular formula is C15H22N2O2S. The Labute approximate surface area is 124 Å². The number of hydrogen-bond acceptors (Lipinski definition) is 4. The molecule has 110 valence electrons. The SMILES string of the molecule is CNCCC1CCN(C(=O)c2ccc(C(C)=O)s2)CC1. The Morgan fingerprint density at radius 3 is 2.50 bits per heavy atom. The fourth-order valence-corrected chi connectivity index (χ4v) is 3.44. The third kappa shape index (κ3) is 3.67. The Hall–Kier alpha value is -1.20. The minimum absolute atomic E-state index is 0.0276. The number of nitrogens with zero attached hydrogens (tertiary/aromatic N) is 1. The van der Waals surface area contributed by atoms with Gasteiger partial charge in [0.15, 0.2) is 5.78 Å². The highest BCUT2D eigenvalue weighted by Gasteiger charge is 2.24. The molecule has 0 bridgehead atoms. The first kappa shape index (κ1) is 15.2. The summed E-state index contributed by atoms with van der Waals surface area (Å²) in [4.78, 5) is 26.9. The van der Waals surface area contributed by atoms with Crippen LogP contribution in [0.5, 0.6) is 0 Å². The molecule has 2 rings (SSSR count). The second-order valence-corrected chi connectivity index (χ2v) is 6.43. The van der Waals surface area contributed by atoms with Crippen molar-refractivity contribution in [3.05, 3.63) is 21.9 Å². The fraction of sp³-hybridized carbons (Fsp3) is 0.600. The van der Waals surface area contributed by atoms with Crippen molar-refractivity contribution in [2.75, 3.05) is 26.7 Å². The average molecular weight is 294 g/mol. The van der Waals surface area contributed by atoms with E-state index >= 15 is 0 Å². The molecule has 4 nitrogen and oxygen atoms in total. The topological polar surface area (TPSA) is 49.4 Å². The first-order chi connectivity index (χ1) is 9.61. The van der Waals surface area contributed by atoms with Gasteiger partial charge in [-0.1, -0.05) is 0 Å². The smallest absolute Gasteiger partial charge is 0.263 e. The van der Waals surface area contributed by atoms with E-state index in [0.29, 0.717) is 9.75 Å². The Morgan fingerprint density at radius 2 is 1.95 bits per heavy atom. The van der Waals surface area contributed by atoms with Crippen LogP contribution in [-0.2, 0) is 0 Å². The van der Waals surface area contributed by atoms with Gasteiger partial charge in [0.2, 0.25) is 0 Å². The van der Waals surface area contributed by atoms with Gasteiger partial charge >= 0.3 is 0 Å². The maximum atomic E-state index is 12.4. The number of likely N-dealkylation sites (tertiary alicyclic amines) is 1. The summed E-state index contributed by atoms with van der Waals surface area (Å²) < 4.78 is 0. The minimum atomic E-state index is 0.0276. The van der Waals surface area contributed by atoms with E-state index in [-0.39, 0.29) is 11.7 Å². The lowest BCUT2D eigenvalue weighted by Crippen LogP contribution is -2.38. The lowest BCUT2D eigenvalue weighted by Gasteiger charge is -2.31. The molecule has 0 spiro atoms. The van der Waals surface area contributed by atoms with E-state index in [2.05, 4.69) is 5.32 Å². The highest BCUT2D eigenvalue weighted by Crippen LogP contribution is 2.24. The van der Waals surface area contributed by atoms with Crippen LogP contribution in [0.25, 0.3) is 0 Å². The van der Waals surface area contributed by atoms with Gasteiger partial charge in [-0.2, -0.15) is 0 Å². The molecule has 1 aromatic rings. The van der Waals surface area contributed by atoms with E-state index in [9.17, 15) is 9.59 Å². The van der Waals surface area contributed by atoms with Gasteiger partial charge in [0.05, 0.1) is 9.75 Å². The normalized spacial score (nSPS) is 16.4. The van der Waals surface area contributed by atoms with Crippen LogP contribution in [0.3, 0.4) is 0 Å². The van der Waals surface area contributed by atoms with E-state index in [1.165, 1.54) is 24.7 Å². The predicted octanol–water partition coefficient (Wildman–Crippen LogP) is 2.41. The van der Waals surface area contributed by atoms with Gasteiger partial charge in [0.25, 0.3) is 5.91 Å². The number of Topliss-reactive ketones (excluding diaryl/α,β-unsaturated/α-hetero) is 1. The predicted molar refractivity (Wildman–Crippen MR) is 81.5 cm³/mol. The second-order valence-electron chi connectivity index (χ2n) is 5.35. The number of hydrogen-bond donors (Lipinski definition) is 1. The monoisotopic (exact) mass is 294 g/mol. The number of thiophene rings is 1. The van der Waals surface area contributed by atoms with Gasteiger partial charge in [-0.25, -0.2) is 0 Å². The Bertz CT molecular complexity index is 476. The second kappa shape index (κ2) is 6.99. The lowest BCUT2D eigenvalue weighted by molar-refractivity contribution is 0.0692. The molecule has 0 unspecified atom stereocenters. The molecular weight excluding hydrogens is 272 g/mol. The fourth-order valence-electron chi connectivity index (χ4n) is 2.57. The van der Waals surface area contributed by atoms with Crippen molar-refractivity contribution in [1.29, 1.82) is 0 Å².